The zero-order valence-electron chi connectivity index (χ0n) is 7.33. The third-order valence-electron chi connectivity index (χ3n) is 2.60. The average molecular weight is 178 g/mol. The number of halogens is 3. The lowest BCUT2D eigenvalue weighted by Crippen LogP contribution is -2.28. The van der Waals surface area contributed by atoms with E-state index in [1.54, 1.807) is 13.8 Å². The molecule has 0 unspecified atom stereocenters. The molecule has 0 heterocycles. The molecule has 1 aliphatic rings. The maximum atomic E-state index is 12.4. The summed E-state index contributed by atoms with van der Waals surface area (Å²) in [6.07, 6.45) is -3.63. The molecule has 3 heteroatoms. The molecule has 12 heavy (non-hydrogen) atoms. The standard InChI is InChI=1S/C9H13F3/c1-6(2)7(3)8(4-5-8)9(10,11)12/h6H,3-5H2,1-2H3. The molecule has 0 radical (unpaired) electrons. The highest BCUT2D eigenvalue weighted by atomic mass is 19.4. The van der Waals surface area contributed by atoms with Crippen LogP contribution in [0.4, 0.5) is 13.2 Å². The molecule has 0 nitrogen and oxygen atoms in total. The van der Waals surface area contributed by atoms with Gasteiger partial charge in [0, 0.05) is 0 Å². The van der Waals surface area contributed by atoms with Gasteiger partial charge in [-0.3, -0.25) is 0 Å². The average Bonchev–Trinajstić information content (AvgIpc) is 2.62. The van der Waals surface area contributed by atoms with Crippen LogP contribution in [0.25, 0.3) is 0 Å². The minimum atomic E-state index is -4.09. The van der Waals surface area contributed by atoms with Gasteiger partial charge in [0.1, 0.15) is 0 Å². The van der Waals surface area contributed by atoms with Crippen molar-refractivity contribution in [2.75, 3.05) is 0 Å². The monoisotopic (exact) mass is 178 g/mol. The summed E-state index contributed by atoms with van der Waals surface area (Å²) in [5.41, 5.74) is -1.18. The van der Waals surface area contributed by atoms with Crippen molar-refractivity contribution >= 4 is 0 Å². The first-order valence-electron chi connectivity index (χ1n) is 4.07. The first kappa shape index (κ1) is 9.62. The molecular formula is C9H13F3. The molecule has 1 saturated carbocycles. The molecule has 0 amide bonds. The van der Waals surface area contributed by atoms with E-state index < -0.39 is 11.6 Å². The van der Waals surface area contributed by atoms with Gasteiger partial charge in [0.2, 0.25) is 0 Å². The van der Waals surface area contributed by atoms with Crippen LogP contribution < -0.4 is 0 Å². The zero-order valence-corrected chi connectivity index (χ0v) is 7.33. The van der Waals surface area contributed by atoms with Crippen molar-refractivity contribution in [3.63, 3.8) is 0 Å². The van der Waals surface area contributed by atoms with Crippen molar-refractivity contribution in [2.24, 2.45) is 11.3 Å². The minimum absolute atomic E-state index is 0.0749. The van der Waals surface area contributed by atoms with Gasteiger partial charge < -0.3 is 0 Å². The van der Waals surface area contributed by atoms with Gasteiger partial charge in [-0.2, -0.15) is 13.2 Å². The highest BCUT2D eigenvalue weighted by Crippen LogP contribution is 2.63. The van der Waals surface area contributed by atoms with Crippen LogP contribution in [0.5, 0.6) is 0 Å². The molecule has 0 aromatic rings. The number of alkyl halides is 3. The fraction of sp³-hybridized carbons (Fsp3) is 0.778. The van der Waals surface area contributed by atoms with Gasteiger partial charge in [-0.05, 0) is 18.8 Å². The molecule has 0 aromatic heterocycles. The van der Waals surface area contributed by atoms with Crippen molar-refractivity contribution < 1.29 is 13.2 Å². The van der Waals surface area contributed by atoms with Crippen LogP contribution in [0.15, 0.2) is 12.2 Å². The molecule has 0 saturated heterocycles. The van der Waals surface area contributed by atoms with Gasteiger partial charge in [-0.25, -0.2) is 0 Å². The summed E-state index contributed by atoms with van der Waals surface area (Å²) in [5, 5.41) is 0. The van der Waals surface area contributed by atoms with Gasteiger partial charge in [0.15, 0.2) is 0 Å². The van der Waals surface area contributed by atoms with Crippen LogP contribution in [0.2, 0.25) is 0 Å². The molecule has 1 fully saturated rings. The van der Waals surface area contributed by atoms with Crippen LogP contribution in [0.3, 0.4) is 0 Å². The predicted molar refractivity (Wildman–Crippen MR) is 41.7 cm³/mol. The number of hydrogen-bond acceptors (Lipinski definition) is 0. The van der Waals surface area contributed by atoms with Gasteiger partial charge in [-0.15, -0.1) is 0 Å². The Morgan fingerprint density at radius 2 is 1.75 bits per heavy atom. The highest BCUT2D eigenvalue weighted by Gasteiger charge is 2.64. The molecule has 0 atom stereocenters. The first-order chi connectivity index (χ1) is 5.31. The molecule has 0 aromatic carbocycles. The summed E-state index contributed by atoms with van der Waals surface area (Å²) in [7, 11) is 0. The fourth-order valence-electron chi connectivity index (χ4n) is 1.46. The molecule has 1 aliphatic carbocycles. The molecule has 70 valence electrons. The summed E-state index contributed by atoms with van der Waals surface area (Å²) < 4.78 is 37.3. The Labute approximate surface area is 70.5 Å². The van der Waals surface area contributed by atoms with Gasteiger partial charge in [-0.1, -0.05) is 26.0 Å². The van der Waals surface area contributed by atoms with Gasteiger partial charge >= 0.3 is 6.18 Å². The van der Waals surface area contributed by atoms with Crippen LogP contribution in [0.1, 0.15) is 26.7 Å². The quantitative estimate of drug-likeness (QED) is 0.567. The first-order valence-corrected chi connectivity index (χ1v) is 4.07. The lowest BCUT2D eigenvalue weighted by Gasteiger charge is -2.24. The van der Waals surface area contributed by atoms with E-state index in [2.05, 4.69) is 6.58 Å². The summed E-state index contributed by atoms with van der Waals surface area (Å²) >= 11 is 0. The summed E-state index contributed by atoms with van der Waals surface area (Å²) in [6.45, 7) is 7.05. The molecule has 0 aliphatic heterocycles. The second-order valence-electron chi connectivity index (χ2n) is 3.76. The Kier molecular flexibility index (Phi) is 2.01. The van der Waals surface area contributed by atoms with E-state index in [9.17, 15) is 13.2 Å². The topological polar surface area (TPSA) is 0 Å². The minimum Gasteiger partial charge on any atom is -0.170 e. The molecule has 0 spiro atoms. The van der Waals surface area contributed by atoms with Crippen LogP contribution in [0, 0.1) is 11.3 Å². The maximum absolute atomic E-state index is 12.4. The van der Waals surface area contributed by atoms with E-state index in [-0.39, 0.29) is 18.8 Å². The number of allylic oxidation sites excluding steroid dienone is 1. The second-order valence-corrected chi connectivity index (χ2v) is 3.76. The summed E-state index contributed by atoms with van der Waals surface area (Å²) in [6, 6.07) is 0. The van der Waals surface area contributed by atoms with E-state index in [1.807, 2.05) is 0 Å². The predicted octanol–water partition coefficient (Wildman–Crippen LogP) is 3.54. The SMILES string of the molecule is C=C(C(C)C)C1(C(F)(F)F)CC1. The van der Waals surface area contributed by atoms with Crippen LogP contribution in [-0.2, 0) is 0 Å². The Hall–Kier alpha value is -0.470. The van der Waals surface area contributed by atoms with Crippen molar-refractivity contribution in [1.82, 2.24) is 0 Å². The summed E-state index contributed by atoms with van der Waals surface area (Å²) in [4.78, 5) is 0. The Morgan fingerprint density at radius 1 is 1.33 bits per heavy atom. The largest absolute Gasteiger partial charge is 0.398 e. The summed E-state index contributed by atoms with van der Waals surface area (Å²) in [5.74, 6) is -0.0749. The normalized spacial score (nSPS) is 21.2. The third kappa shape index (κ3) is 1.25. The third-order valence-corrected chi connectivity index (χ3v) is 2.60. The van der Waals surface area contributed by atoms with E-state index in [1.165, 1.54) is 0 Å². The van der Waals surface area contributed by atoms with Crippen molar-refractivity contribution in [2.45, 2.75) is 32.9 Å². The van der Waals surface area contributed by atoms with Gasteiger partial charge in [0.25, 0.3) is 0 Å². The lowest BCUT2D eigenvalue weighted by atomic mass is 9.88. The Bertz CT molecular complexity index is 196. The molecule has 0 N–H and O–H groups in total. The van der Waals surface area contributed by atoms with Crippen LogP contribution >= 0.6 is 0 Å². The molecule has 1 rings (SSSR count). The molecule has 0 bridgehead atoms. The fourth-order valence-corrected chi connectivity index (χ4v) is 1.46. The van der Waals surface area contributed by atoms with Crippen LogP contribution in [-0.4, -0.2) is 6.18 Å². The van der Waals surface area contributed by atoms with Gasteiger partial charge in [0.05, 0.1) is 5.41 Å². The number of hydrogen-bond donors (Lipinski definition) is 0. The maximum Gasteiger partial charge on any atom is 0.398 e. The van der Waals surface area contributed by atoms with Crippen molar-refractivity contribution in [1.29, 1.82) is 0 Å². The van der Waals surface area contributed by atoms with Crippen molar-refractivity contribution in [3.8, 4) is 0 Å². The Balaban J connectivity index is 2.81. The Morgan fingerprint density at radius 3 is 1.83 bits per heavy atom. The van der Waals surface area contributed by atoms with E-state index in [0.717, 1.165) is 0 Å². The molecular weight excluding hydrogens is 165 g/mol. The van der Waals surface area contributed by atoms with Crippen molar-refractivity contribution in [3.05, 3.63) is 12.2 Å². The van der Waals surface area contributed by atoms with E-state index >= 15 is 0 Å². The van der Waals surface area contributed by atoms with E-state index in [0.29, 0.717) is 5.57 Å². The lowest BCUT2D eigenvalue weighted by molar-refractivity contribution is -0.176. The van der Waals surface area contributed by atoms with E-state index in [4.69, 9.17) is 0 Å². The highest BCUT2D eigenvalue weighted by molar-refractivity contribution is 5.23. The number of rotatable bonds is 2. The smallest absolute Gasteiger partial charge is 0.170 e. The zero-order chi connectivity index (χ0) is 9.57. The second kappa shape index (κ2) is 2.51.